The van der Waals surface area contributed by atoms with Crippen molar-refractivity contribution >= 4 is 17.2 Å². The quantitative estimate of drug-likeness (QED) is 0.806. The maximum Gasteiger partial charge on any atom is 0.123 e. The van der Waals surface area contributed by atoms with Gasteiger partial charge in [-0.05, 0) is 24.7 Å². The number of halogens is 1. The van der Waals surface area contributed by atoms with Gasteiger partial charge in [0.25, 0.3) is 0 Å². The molecular formula is C15H21FN2O2S. The predicted octanol–water partition coefficient (Wildman–Crippen LogP) is 1.43. The van der Waals surface area contributed by atoms with Gasteiger partial charge in [-0.15, -0.1) is 0 Å². The van der Waals surface area contributed by atoms with Gasteiger partial charge in [-0.2, -0.15) is 0 Å². The van der Waals surface area contributed by atoms with Crippen molar-refractivity contribution < 1.29 is 14.2 Å². The van der Waals surface area contributed by atoms with Gasteiger partial charge in [0.15, 0.2) is 0 Å². The third-order valence-electron chi connectivity index (χ3n) is 3.77. The van der Waals surface area contributed by atoms with Gasteiger partial charge in [0.2, 0.25) is 0 Å². The molecular weight excluding hydrogens is 291 g/mol. The Morgan fingerprint density at radius 1 is 1.48 bits per heavy atom. The van der Waals surface area contributed by atoms with Crippen LogP contribution in [0.15, 0.2) is 18.2 Å². The van der Waals surface area contributed by atoms with Gasteiger partial charge >= 0.3 is 0 Å². The van der Waals surface area contributed by atoms with E-state index in [2.05, 4.69) is 0 Å². The number of benzene rings is 1. The van der Waals surface area contributed by atoms with E-state index in [0.717, 1.165) is 5.56 Å². The normalized spacial score (nSPS) is 17.9. The van der Waals surface area contributed by atoms with Crippen LogP contribution in [0.5, 0.6) is 0 Å². The molecule has 0 spiro atoms. The van der Waals surface area contributed by atoms with Crippen LogP contribution in [0.3, 0.4) is 0 Å². The Morgan fingerprint density at radius 2 is 2.14 bits per heavy atom. The summed E-state index contributed by atoms with van der Waals surface area (Å²) in [6, 6.07) is 4.44. The molecule has 0 aliphatic carbocycles. The summed E-state index contributed by atoms with van der Waals surface area (Å²) in [4.78, 5) is 2.18. The first-order valence-corrected chi connectivity index (χ1v) is 7.37. The topological polar surface area (TPSA) is 58.7 Å². The average Bonchev–Trinajstić information content (AvgIpc) is 2.40. The van der Waals surface area contributed by atoms with Gasteiger partial charge in [-0.25, -0.2) is 4.39 Å². The molecule has 4 nitrogen and oxygen atoms in total. The van der Waals surface area contributed by atoms with Gasteiger partial charge in [-0.1, -0.05) is 18.3 Å². The Labute approximate surface area is 129 Å². The van der Waals surface area contributed by atoms with Gasteiger partial charge < -0.3 is 15.6 Å². The third kappa shape index (κ3) is 4.44. The number of hydrogen-bond acceptors (Lipinski definition) is 4. The molecule has 1 aromatic rings. The van der Waals surface area contributed by atoms with Crippen molar-refractivity contribution in [2.45, 2.75) is 25.0 Å². The molecule has 2 rings (SSSR count). The second-order valence-corrected chi connectivity index (χ2v) is 6.11. The average molecular weight is 312 g/mol. The summed E-state index contributed by atoms with van der Waals surface area (Å²) in [5.74, 6) is -0.354. The zero-order chi connectivity index (χ0) is 15.5. The molecule has 0 radical (unpaired) electrons. The molecule has 1 fully saturated rings. The van der Waals surface area contributed by atoms with E-state index in [9.17, 15) is 9.50 Å². The first-order valence-electron chi connectivity index (χ1n) is 6.96. The van der Waals surface area contributed by atoms with Crippen LogP contribution in [-0.2, 0) is 11.3 Å². The highest BCUT2D eigenvalue weighted by molar-refractivity contribution is 7.80. The maximum atomic E-state index is 13.3. The monoisotopic (exact) mass is 312 g/mol. The van der Waals surface area contributed by atoms with E-state index in [-0.39, 0.29) is 10.8 Å². The summed E-state index contributed by atoms with van der Waals surface area (Å²) in [5.41, 5.74) is 6.34. The molecule has 21 heavy (non-hydrogen) atoms. The van der Waals surface area contributed by atoms with Crippen LogP contribution < -0.4 is 5.73 Å². The number of nitrogens with two attached hydrogens (primary N) is 1. The lowest BCUT2D eigenvalue weighted by atomic mass is 9.93. The van der Waals surface area contributed by atoms with Crippen LogP contribution in [0.25, 0.3) is 0 Å². The molecule has 0 bridgehead atoms. The second-order valence-electron chi connectivity index (χ2n) is 5.67. The van der Waals surface area contributed by atoms with Crippen molar-refractivity contribution in [1.82, 2.24) is 4.90 Å². The van der Waals surface area contributed by atoms with Crippen molar-refractivity contribution in [2.24, 2.45) is 5.73 Å². The minimum absolute atomic E-state index is 0.183. The van der Waals surface area contributed by atoms with Crippen LogP contribution in [0.1, 0.15) is 24.0 Å². The maximum absolute atomic E-state index is 13.3. The highest BCUT2D eigenvalue weighted by Gasteiger charge is 2.31. The van der Waals surface area contributed by atoms with E-state index in [1.807, 2.05) is 11.9 Å². The molecule has 3 N–H and O–H groups in total. The molecule has 1 aromatic carbocycles. The molecule has 0 unspecified atom stereocenters. The van der Waals surface area contributed by atoms with Crippen LogP contribution in [0, 0.1) is 5.82 Å². The number of rotatable bonds is 5. The lowest BCUT2D eigenvalue weighted by Gasteiger charge is -2.35. The predicted molar refractivity (Wildman–Crippen MR) is 83.6 cm³/mol. The van der Waals surface area contributed by atoms with Gasteiger partial charge in [0, 0.05) is 44.7 Å². The number of thiocarbonyl (C=S) groups is 1. The fraction of sp³-hybridized carbons (Fsp3) is 0.533. The molecule has 1 heterocycles. The summed E-state index contributed by atoms with van der Waals surface area (Å²) >= 11 is 4.97. The molecule has 1 aliphatic rings. The highest BCUT2D eigenvalue weighted by Crippen LogP contribution is 2.22. The summed E-state index contributed by atoms with van der Waals surface area (Å²) in [7, 11) is 1.92. The Kier molecular flexibility index (Phi) is 5.27. The molecule has 116 valence electrons. The van der Waals surface area contributed by atoms with Crippen molar-refractivity contribution in [1.29, 1.82) is 0 Å². The minimum atomic E-state index is -0.726. The fourth-order valence-corrected chi connectivity index (χ4v) is 2.86. The van der Waals surface area contributed by atoms with Crippen LogP contribution in [-0.4, -0.2) is 47.4 Å². The summed E-state index contributed by atoms with van der Waals surface area (Å²) in [5, 5.41) is 10.5. The van der Waals surface area contributed by atoms with E-state index in [1.165, 1.54) is 12.1 Å². The molecule has 0 atom stereocenters. The molecule has 6 heteroatoms. The van der Waals surface area contributed by atoms with Gasteiger partial charge in [-0.3, -0.25) is 4.90 Å². The molecule has 0 amide bonds. The van der Waals surface area contributed by atoms with Crippen LogP contribution in [0.2, 0.25) is 0 Å². The highest BCUT2D eigenvalue weighted by atomic mass is 32.1. The fourth-order valence-electron chi connectivity index (χ4n) is 2.67. The lowest BCUT2D eigenvalue weighted by molar-refractivity contribution is -0.0777. The number of likely N-dealkylation sites (N-methyl/N-ethyl adjacent to an activating group) is 1. The van der Waals surface area contributed by atoms with E-state index in [0.29, 0.717) is 44.7 Å². The summed E-state index contributed by atoms with van der Waals surface area (Å²) in [6.45, 7) is 2.25. The number of hydrogen-bond donors (Lipinski definition) is 2. The third-order valence-corrected chi connectivity index (χ3v) is 3.99. The van der Waals surface area contributed by atoms with E-state index in [1.54, 1.807) is 6.07 Å². The number of aliphatic hydroxyl groups is 1. The van der Waals surface area contributed by atoms with Crippen molar-refractivity contribution in [3.05, 3.63) is 35.1 Å². The Balaban J connectivity index is 2.05. The molecule has 1 aliphatic heterocycles. The Hall–Kier alpha value is -1.08. The van der Waals surface area contributed by atoms with E-state index in [4.69, 9.17) is 22.7 Å². The largest absolute Gasteiger partial charge is 0.389 e. The first kappa shape index (κ1) is 16.3. The van der Waals surface area contributed by atoms with E-state index < -0.39 is 5.60 Å². The zero-order valence-electron chi connectivity index (χ0n) is 12.1. The zero-order valence-corrected chi connectivity index (χ0v) is 13.0. The van der Waals surface area contributed by atoms with Gasteiger partial charge in [0.1, 0.15) is 10.8 Å². The summed E-state index contributed by atoms with van der Waals surface area (Å²) in [6.07, 6.45) is 1.26. The number of nitrogens with zero attached hydrogens (tertiary/aromatic N) is 1. The smallest absolute Gasteiger partial charge is 0.123 e. The molecule has 0 saturated carbocycles. The SMILES string of the molecule is CN(Cc1ccc(F)cc1C(N)=S)CC1(O)CCOCC1. The first-order chi connectivity index (χ1) is 9.89. The van der Waals surface area contributed by atoms with Crippen molar-refractivity contribution in [2.75, 3.05) is 26.8 Å². The minimum Gasteiger partial charge on any atom is -0.389 e. The van der Waals surface area contributed by atoms with Crippen LogP contribution in [0.4, 0.5) is 4.39 Å². The van der Waals surface area contributed by atoms with Crippen molar-refractivity contribution in [3.8, 4) is 0 Å². The Bertz CT molecular complexity index is 518. The molecule has 1 saturated heterocycles. The molecule has 0 aromatic heterocycles. The standard InChI is InChI=1S/C15H21FN2O2S/c1-18(10-15(19)4-6-20-7-5-15)9-11-2-3-12(16)8-13(11)14(17)21/h2-3,8,19H,4-7,9-10H2,1H3,(H2,17,21). The summed E-state index contributed by atoms with van der Waals surface area (Å²) < 4.78 is 18.6. The lowest BCUT2D eigenvalue weighted by Crippen LogP contribution is -2.45. The van der Waals surface area contributed by atoms with Gasteiger partial charge in [0.05, 0.1) is 5.60 Å². The van der Waals surface area contributed by atoms with Crippen LogP contribution >= 0.6 is 12.2 Å². The van der Waals surface area contributed by atoms with E-state index >= 15 is 0 Å². The Morgan fingerprint density at radius 3 is 2.76 bits per heavy atom. The van der Waals surface area contributed by atoms with Crippen molar-refractivity contribution in [3.63, 3.8) is 0 Å². The number of ether oxygens (including phenoxy) is 1. The second kappa shape index (κ2) is 6.79.